The molecule has 29 heavy (non-hydrogen) atoms. The van der Waals surface area contributed by atoms with E-state index in [1.807, 2.05) is 37.3 Å². The highest BCUT2D eigenvalue weighted by atomic mass is 16.5. The van der Waals surface area contributed by atoms with Gasteiger partial charge < -0.3 is 15.4 Å². The number of anilines is 1. The smallest absolute Gasteiger partial charge is 0.252 e. The first-order chi connectivity index (χ1) is 14.1. The second-order valence-electron chi connectivity index (χ2n) is 6.32. The lowest BCUT2D eigenvalue weighted by Crippen LogP contribution is -2.27. The zero-order valence-corrected chi connectivity index (χ0v) is 16.0. The van der Waals surface area contributed by atoms with E-state index in [0.29, 0.717) is 17.3 Å². The molecule has 2 N–H and O–H groups in total. The summed E-state index contributed by atoms with van der Waals surface area (Å²) in [6.07, 6.45) is 3.04. The Hall–Kier alpha value is -3.74. The van der Waals surface area contributed by atoms with Gasteiger partial charge in [0.25, 0.3) is 5.91 Å². The van der Waals surface area contributed by atoms with Gasteiger partial charge in [-0.2, -0.15) is 0 Å². The van der Waals surface area contributed by atoms with Gasteiger partial charge in [-0.15, -0.1) is 0 Å². The zero-order chi connectivity index (χ0) is 20.5. The topological polar surface area (TPSA) is 93.2 Å². The number of carbonyl (C=O) groups excluding carboxylic acids is 2. The number of ether oxygens (including phenoxy) is 1. The molecule has 0 aliphatic carbocycles. The summed E-state index contributed by atoms with van der Waals surface area (Å²) in [5, 5.41) is 5.37. The normalized spacial score (nSPS) is 11.3. The number of amides is 2. The Morgan fingerprint density at radius 3 is 2.48 bits per heavy atom. The Morgan fingerprint density at radius 2 is 1.79 bits per heavy atom. The summed E-state index contributed by atoms with van der Waals surface area (Å²) < 4.78 is 5.80. The van der Waals surface area contributed by atoms with E-state index >= 15 is 0 Å². The molecule has 1 atom stereocenters. The monoisotopic (exact) mass is 390 g/mol. The van der Waals surface area contributed by atoms with Crippen LogP contribution in [0.15, 0.2) is 73.1 Å². The van der Waals surface area contributed by atoms with Gasteiger partial charge in [0.1, 0.15) is 11.9 Å². The molecule has 0 radical (unpaired) electrons. The zero-order valence-electron chi connectivity index (χ0n) is 16.0. The quantitative estimate of drug-likeness (QED) is 0.615. The van der Waals surface area contributed by atoms with Crippen LogP contribution < -0.4 is 15.4 Å². The number of nitrogens with one attached hydrogen (secondary N) is 2. The maximum Gasteiger partial charge on any atom is 0.252 e. The number of hydrogen-bond acceptors (Lipinski definition) is 5. The molecule has 7 nitrogen and oxygen atoms in total. The summed E-state index contributed by atoms with van der Waals surface area (Å²) in [5.41, 5.74) is 1.44. The fourth-order valence-corrected chi connectivity index (χ4v) is 2.59. The van der Waals surface area contributed by atoms with Gasteiger partial charge in [0, 0.05) is 31.4 Å². The summed E-state index contributed by atoms with van der Waals surface area (Å²) in [6, 6.07) is 18.4. The van der Waals surface area contributed by atoms with E-state index in [9.17, 15) is 9.59 Å². The largest absolute Gasteiger partial charge is 0.470 e. The van der Waals surface area contributed by atoms with E-state index in [-0.39, 0.29) is 30.9 Å². The summed E-state index contributed by atoms with van der Waals surface area (Å²) in [4.78, 5) is 32.3. The minimum atomic E-state index is -0.300. The molecule has 2 heterocycles. The third-order valence-corrected chi connectivity index (χ3v) is 4.14. The van der Waals surface area contributed by atoms with Crippen LogP contribution in [0, 0.1) is 0 Å². The molecule has 0 fully saturated rings. The lowest BCUT2D eigenvalue weighted by atomic mass is 10.1. The van der Waals surface area contributed by atoms with Crippen molar-refractivity contribution < 1.29 is 14.3 Å². The third-order valence-electron chi connectivity index (χ3n) is 4.14. The maximum atomic E-state index is 12.2. The van der Waals surface area contributed by atoms with E-state index in [1.54, 1.807) is 36.5 Å². The Morgan fingerprint density at radius 1 is 1.00 bits per heavy atom. The molecule has 1 unspecified atom stereocenters. The van der Waals surface area contributed by atoms with Gasteiger partial charge in [-0.05, 0) is 30.7 Å². The van der Waals surface area contributed by atoms with Crippen molar-refractivity contribution in [1.82, 2.24) is 15.3 Å². The fourth-order valence-electron chi connectivity index (χ4n) is 2.59. The van der Waals surface area contributed by atoms with E-state index in [4.69, 9.17) is 4.74 Å². The lowest BCUT2D eigenvalue weighted by molar-refractivity contribution is -0.116. The van der Waals surface area contributed by atoms with Crippen molar-refractivity contribution in [3.8, 4) is 5.88 Å². The van der Waals surface area contributed by atoms with Crippen LogP contribution in [0.2, 0.25) is 0 Å². The summed E-state index contributed by atoms with van der Waals surface area (Å²) in [7, 11) is 0. The van der Waals surface area contributed by atoms with Crippen molar-refractivity contribution in [2.75, 3.05) is 11.9 Å². The van der Waals surface area contributed by atoms with Crippen LogP contribution in [0.4, 0.5) is 5.82 Å². The Bertz CT molecular complexity index is 931. The number of rotatable bonds is 8. The average Bonchev–Trinajstić information content (AvgIpc) is 2.75. The molecule has 2 amide bonds. The molecule has 148 valence electrons. The van der Waals surface area contributed by atoms with Crippen molar-refractivity contribution in [2.24, 2.45) is 0 Å². The number of benzene rings is 1. The van der Waals surface area contributed by atoms with E-state index in [0.717, 1.165) is 5.56 Å². The maximum absolute atomic E-state index is 12.2. The SMILES string of the molecule is CC(Oc1ccc(C(=O)NCCC(=O)Nc2ccccn2)cn1)c1ccccc1. The van der Waals surface area contributed by atoms with Gasteiger partial charge in [-0.25, -0.2) is 9.97 Å². The second-order valence-corrected chi connectivity index (χ2v) is 6.32. The van der Waals surface area contributed by atoms with Crippen LogP contribution in [0.5, 0.6) is 5.88 Å². The van der Waals surface area contributed by atoms with Crippen molar-refractivity contribution in [3.05, 3.63) is 84.2 Å². The van der Waals surface area contributed by atoms with Gasteiger partial charge in [-0.3, -0.25) is 9.59 Å². The first kappa shape index (κ1) is 20.0. The highest BCUT2D eigenvalue weighted by Crippen LogP contribution is 2.19. The molecule has 0 saturated carbocycles. The van der Waals surface area contributed by atoms with Crippen LogP contribution in [-0.2, 0) is 4.79 Å². The van der Waals surface area contributed by atoms with Crippen LogP contribution in [0.3, 0.4) is 0 Å². The molecule has 2 aromatic heterocycles. The molecule has 0 spiro atoms. The first-order valence-corrected chi connectivity index (χ1v) is 9.28. The van der Waals surface area contributed by atoms with Gasteiger partial charge >= 0.3 is 0 Å². The Balaban J connectivity index is 1.44. The van der Waals surface area contributed by atoms with Crippen molar-refractivity contribution in [1.29, 1.82) is 0 Å². The van der Waals surface area contributed by atoms with E-state index in [2.05, 4.69) is 20.6 Å². The van der Waals surface area contributed by atoms with Gasteiger partial charge in [0.2, 0.25) is 11.8 Å². The summed E-state index contributed by atoms with van der Waals surface area (Å²) >= 11 is 0. The van der Waals surface area contributed by atoms with Crippen molar-refractivity contribution in [2.45, 2.75) is 19.4 Å². The van der Waals surface area contributed by atoms with Gasteiger partial charge in [-0.1, -0.05) is 36.4 Å². The highest BCUT2D eigenvalue weighted by Gasteiger charge is 2.10. The van der Waals surface area contributed by atoms with Crippen molar-refractivity contribution >= 4 is 17.6 Å². The molecule has 0 bridgehead atoms. The van der Waals surface area contributed by atoms with E-state index < -0.39 is 0 Å². The number of carbonyl (C=O) groups is 2. The van der Waals surface area contributed by atoms with Crippen LogP contribution in [0.1, 0.15) is 35.4 Å². The van der Waals surface area contributed by atoms with Gasteiger partial charge in [0.15, 0.2) is 0 Å². The van der Waals surface area contributed by atoms with Crippen LogP contribution in [-0.4, -0.2) is 28.3 Å². The number of pyridine rings is 2. The summed E-state index contributed by atoms with van der Waals surface area (Å²) in [6.45, 7) is 2.15. The first-order valence-electron chi connectivity index (χ1n) is 9.28. The number of aromatic nitrogens is 2. The molecule has 0 aliphatic rings. The van der Waals surface area contributed by atoms with E-state index in [1.165, 1.54) is 6.20 Å². The summed E-state index contributed by atoms with van der Waals surface area (Å²) in [5.74, 6) is 0.396. The Labute approximate surface area is 169 Å². The minimum absolute atomic E-state index is 0.144. The van der Waals surface area contributed by atoms with Crippen LogP contribution >= 0.6 is 0 Å². The molecule has 3 aromatic rings. The molecule has 3 rings (SSSR count). The second kappa shape index (κ2) is 9.98. The fraction of sp³-hybridized carbons (Fsp3) is 0.182. The average molecular weight is 390 g/mol. The minimum Gasteiger partial charge on any atom is -0.470 e. The molecular formula is C22H22N4O3. The van der Waals surface area contributed by atoms with Gasteiger partial charge in [0.05, 0.1) is 5.56 Å². The molecule has 7 heteroatoms. The predicted molar refractivity (Wildman–Crippen MR) is 110 cm³/mol. The molecular weight excluding hydrogens is 368 g/mol. The van der Waals surface area contributed by atoms with Crippen molar-refractivity contribution in [3.63, 3.8) is 0 Å². The molecule has 1 aromatic carbocycles. The highest BCUT2D eigenvalue weighted by molar-refractivity contribution is 5.94. The number of nitrogens with zero attached hydrogens (tertiary/aromatic N) is 2. The Kier molecular flexibility index (Phi) is 6.89. The third kappa shape index (κ3) is 6.14. The predicted octanol–water partition coefficient (Wildman–Crippen LogP) is 3.38. The molecule has 0 saturated heterocycles. The number of hydrogen-bond donors (Lipinski definition) is 2. The lowest BCUT2D eigenvalue weighted by Gasteiger charge is -2.14. The van der Waals surface area contributed by atoms with Crippen LogP contribution in [0.25, 0.3) is 0 Å². The molecule has 0 aliphatic heterocycles. The standard InChI is InChI=1S/C22H22N4O3/c1-16(17-7-3-2-4-8-17)29-21-11-10-18(15-25-21)22(28)24-14-12-20(27)26-19-9-5-6-13-23-19/h2-11,13,15-16H,12,14H2,1H3,(H,24,28)(H,23,26,27).